The minimum Gasteiger partial charge on any atom is -0.446 e. The lowest BCUT2D eigenvalue weighted by Gasteiger charge is -2.54. The summed E-state index contributed by atoms with van der Waals surface area (Å²) in [6.45, 7) is 2.53. The maximum atomic E-state index is 11.9. The number of carbonyl (C=O) groups is 1. The molecule has 1 saturated heterocycles. The Morgan fingerprint density at radius 3 is 2.80 bits per heavy atom. The van der Waals surface area contributed by atoms with Crippen molar-refractivity contribution in [1.82, 2.24) is 5.32 Å². The molecule has 4 heteroatoms. The van der Waals surface area contributed by atoms with Crippen molar-refractivity contribution in [1.29, 1.82) is 0 Å². The Morgan fingerprint density at radius 1 is 1.09 bits per heavy atom. The Labute approximate surface area is 207 Å². The van der Waals surface area contributed by atoms with Crippen molar-refractivity contribution < 1.29 is 14.3 Å². The van der Waals surface area contributed by atoms with Gasteiger partial charge in [0.15, 0.2) is 0 Å². The maximum absolute atomic E-state index is 11.9. The predicted molar refractivity (Wildman–Crippen MR) is 137 cm³/mol. The van der Waals surface area contributed by atoms with Crippen LogP contribution in [0.2, 0.25) is 0 Å². The van der Waals surface area contributed by atoms with Crippen molar-refractivity contribution in [2.45, 2.75) is 81.5 Å². The van der Waals surface area contributed by atoms with E-state index in [2.05, 4.69) is 66.9 Å². The number of hydrogen-bond donors (Lipinski definition) is 1. The van der Waals surface area contributed by atoms with Gasteiger partial charge in [0.05, 0.1) is 11.2 Å². The van der Waals surface area contributed by atoms with Gasteiger partial charge < -0.3 is 14.8 Å². The van der Waals surface area contributed by atoms with E-state index in [1.54, 1.807) is 7.05 Å². The average molecular weight is 470 g/mol. The fourth-order valence-corrected chi connectivity index (χ4v) is 8.65. The number of rotatable bonds is 2. The van der Waals surface area contributed by atoms with Crippen LogP contribution in [0.4, 0.5) is 4.79 Å². The summed E-state index contributed by atoms with van der Waals surface area (Å²) in [7, 11) is 1.63. The minimum atomic E-state index is -0.331. The van der Waals surface area contributed by atoms with Crippen LogP contribution in [0.3, 0.4) is 0 Å². The molecule has 2 bridgehead atoms. The van der Waals surface area contributed by atoms with E-state index in [1.165, 1.54) is 40.3 Å². The molecular weight excluding hydrogens is 434 g/mol. The largest absolute Gasteiger partial charge is 0.446 e. The molecule has 0 radical (unpaired) electrons. The highest BCUT2D eigenvalue weighted by atomic mass is 16.6. The lowest BCUT2D eigenvalue weighted by atomic mass is 9.58. The van der Waals surface area contributed by atoms with Crippen LogP contribution >= 0.6 is 0 Å². The molecule has 2 saturated carbocycles. The molecule has 4 nitrogen and oxygen atoms in total. The molecule has 6 atom stereocenters. The summed E-state index contributed by atoms with van der Waals surface area (Å²) in [6.07, 6.45) is 12.9. The molecule has 0 aromatic heterocycles. The van der Waals surface area contributed by atoms with E-state index in [1.807, 2.05) is 0 Å². The normalized spacial score (nSPS) is 39.2. The van der Waals surface area contributed by atoms with E-state index in [-0.39, 0.29) is 28.8 Å². The van der Waals surface area contributed by atoms with Crippen LogP contribution in [0.25, 0.3) is 10.8 Å². The van der Waals surface area contributed by atoms with Crippen molar-refractivity contribution >= 4 is 16.9 Å². The van der Waals surface area contributed by atoms with E-state index in [9.17, 15) is 4.79 Å². The number of amides is 1. The number of allylic oxidation sites excluding steroid dienone is 1. The summed E-state index contributed by atoms with van der Waals surface area (Å²) >= 11 is 0. The van der Waals surface area contributed by atoms with E-state index >= 15 is 0 Å². The molecule has 2 spiro atoms. The second-order valence-electron chi connectivity index (χ2n) is 11.8. The first kappa shape index (κ1) is 21.7. The van der Waals surface area contributed by atoms with E-state index in [0.717, 1.165) is 38.5 Å². The molecule has 0 unspecified atom stereocenters. The van der Waals surface area contributed by atoms with Crippen molar-refractivity contribution in [3.8, 4) is 0 Å². The monoisotopic (exact) mass is 469 g/mol. The lowest BCUT2D eigenvalue weighted by molar-refractivity contribution is -0.144. The van der Waals surface area contributed by atoms with Crippen LogP contribution in [0.5, 0.6) is 0 Å². The first-order valence-corrected chi connectivity index (χ1v) is 13.4. The quantitative estimate of drug-likeness (QED) is 0.526. The van der Waals surface area contributed by atoms with Crippen molar-refractivity contribution in [2.24, 2.45) is 11.3 Å². The molecule has 7 rings (SSSR count). The lowest BCUT2D eigenvalue weighted by Crippen LogP contribution is -2.54. The molecule has 2 aromatic rings. The highest BCUT2D eigenvalue weighted by Gasteiger charge is 2.66. The van der Waals surface area contributed by atoms with Gasteiger partial charge in [0.2, 0.25) is 0 Å². The molecule has 5 aliphatic rings. The van der Waals surface area contributed by atoms with E-state index in [4.69, 9.17) is 9.47 Å². The fraction of sp³-hybridized carbons (Fsp3) is 0.516. The second kappa shape index (κ2) is 7.46. The third kappa shape index (κ3) is 2.98. The van der Waals surface area contributed by atoms with Crippen LogP contribution in [0, 0.1) is 11.3 Å². The Bertz CT molecular complexity index is 1280. The summed E-state index contributed by atoms with van der Waals surface area (Å²) in [5, 5.41) is 5.27. The number of fused-ring (bicyclic) bond motifs is 2. The zero-order valence-corrected chi connectivity index (χ0v) is 20.8. The number of hydrogen-bond acceptors (Lipinski definition) is 3. The third-order valence-corrected chi connectivity index (χ3v) is 10.3. The van der Waals surface area contributed by atoms with Gasteiger partial charge in [0, 0.05) is 13.5 Å². The summed E-state index contributed by atoms with van der Waals surface area (Å²) < 4.78 is 13.0. The van der Waals surface area contributed by atoms with Gasteiger partial charge in [-0.05, 0) is 89.7 Å². The summed E-state index contributed by atoms with van der Waals surface area (Å²) in [5.74, 6) is 1.06. The van der Waals surface area contributed by atoms with E-state index in [0.29, 0.717) is 11.8 Å². The number of benzene rings is 2. The number of nitrogens with one attached hydrogen (secondary N) is 1. The van der Waals surface area contributed by atoms with Crippen LogP contribution in [0.1, 0.15) is 69.8 Å². The van der Waals surface area contributed by atoms with Crippen molar-refractivity contribution in [3.05, 3.63) is 71.3 Å². The van der Waals surface area contributed by atoms with E-state index < -0.39 is 0 Å². The van der Waals surface area contributed by atoms with Gasteiger partial charge >= 0.3 is 6.09 Å². The molecule has 2 heterocycles. The molecular formula is C31H35NO3. The molecule has 2 aliphatic heterocycles. The Hall–Kier alpha value is -2.59. The molecule has 3 aliphatic carbocycles. The zero-order chi connectivity index (χ0) is 23.8. The molecule has 3 fully saturated rings. The number of ether oxygens (including phenoxy) is 2. The number of alkyl carbamates (subject to hydrolysis) is 1. The predicted octanol–water partition coefficient (Wildman–Crippen LogP) is 6.81. The molecule has 2 aromatic carbocycles. The molecule has 1 N–H and O–H groups in total. The average Bonchev–Trinajstić information content (AvgIpc) is 3.38. The Morgan fingerprint density at radius 2 is 1.94 bits per heavy atom. The van der Waals surface area contributed by atoms with Gasteiger partial charge in [0.25, 0.3) is 0 Å². The zero-order valence-electron chi connectivity index (χ0n) is 20.8. The molecule has 35 heavy (non-hydrogen) atoms. The first-order chi connectivity index (χ1) is 17.0. The standard InChI is InChI=1S/C31H35NO3/c1-29-14-13-24-18-23-9-10-25(34-28(33)32-2)19-30(23)15-16-31(24,35-30)27(29)12-11-26(29)22-8-7-20-5-3-4-6-21(20)17-22/h3-8,13,17-18,25-27H,9-12,14-16,19H2,1-2H3,(H,32,33)/t25-,26+,27+,29+,30+,31+/m0/s1. The Balaban J connectivity index is 1.23. The number of carbonyl (C=O) groups excluding carboxylic acids is 1. The van der Waals surface area contributed by atoms with Crippen LogP contribution in [-0.2, 0) is 9.47 Å². The minimum absolute atomic E-state index is 0.0725. The Kier molecular flexibility index (Phi) is 4.62. The highest BCUT2D eigenvalue weighted by molar-refractivity contribution is 5.83. The SMILES string of the molecule is CNC(=O)O[C@H]1CCC2=CC3=CC[C@]4(C)[C@@H](c5ccc6ccccc6c5)CC[C@H]4[C@@]34CC[C@]2(C1)O4. The topological polar surface area (TPSA) is 47.6 Å². The molecule has 182 valence electrons. The van der Waals surface area contributed by atoms with Crippen LogP contribution < -0.4 is 5.32 Å². The van der Waals surface area contributed by atoms with Gasteiger partial charge in [-0.3, -0.25) is 0 Å². The van der Waals surface area contributed by atoms with Crippen LogP contribution in [-0.4, -0.2) is 30.4 Å². The van der Waals surface area contributed by atoms with Gasteiger partial charge in [-0.25, -0.2) is 4.79 Å². The van der Waals surface area contributed by atoms with Crippen LogP contribution in [0.15, 0.2) is 65.8 Å². The summed E-state index contributed by atoms with van der Waals surface area (Å²) in [5.41, 5.74) is 4.10. The van der Waals surface area contributed by atoms with Crippen molar-refractivity contribution in [3.63, 3.8) is 0 Å². The van der Waals surface area contributed by atoms with Crippen molar-refractivity contribution in [2.75, 3.05) is 7.05 Å². The maximum Gasteiger partial charge on any atom is 0.407 e. The smallest absolute Gasteiger partial charge is 0.407 e. The molecule has 1 amide bonds. The summed E-state index contributed by atoms with van der Waals surface area (Å²) in [4.78, 5) is 11.9. The second-order valence-corrected chi connectivity index (χ2v) is 11.8. The van der Waals surface area contributed by atoms with Gasteiger partial charge in [0.1, 0.15) is 6.10 Å². The third-order valence-electron chi connectivity index (χ3n) is 10.3. The first-order valence-electron chi connectivity index (χ1n) is 13.4. The summed E-state index contributed by atoms with van der Waals surface area (Å²) in [6, 6.07) is 15.8. The highest BCUT2D eigenvalue weighted by Crippen LogP contribution is 2.69. The van der Waals surface area contributed by atoms with Gasteiger partial charge in [-0.15, -0.1) is 0 Å². The van der Waals surface area contributed by atoms with Gasteiger partial charge in [-0.2, -0.15) is 0 Å². The fourth-order valence-electron chi connectivity index (χ4n) is 8.65. The van der Waals surface area contributed by atoms with Gasteiger partial charge in [-0.1, -0.05) is 61.5 Å².